The molecular formula is C25H28N4O5S2. The van der Waals surface area contributed by atoms with Crippen LogP contribution in [0.5, 0.6) is 0 Å². The second-order valence-corrected chi connectivity index (χ2v) is 10.7. The topological polar surface area (TPSA) is 93.5 Å². The van der Waals surface area contributed by atoms with Gasteiger partial charge in [0.2, 0.25) is 0 Å². The van der Waals surface area contributed by atoms with Crippen LogP contribution in [0.2, 0.25) is 0 Å². The van der Waals surface area contributed by atoms with Crippen molar-refractivity contribution in [3.8, 4) is 0 Å². The zero-order chi connectivity index (χ0) is 25.2. The van der Waals surface area contributed by atoms with E-state index in [0.717, 1.165) is 12.8 Å². The van der Waals surface area contributed by atoms with Crippen LogP contribution in [0, 0.1) is 5.92 Å². The summed E-state index contributed by atoms with van der Waals surface area (Å²) < 4.78 is 12.8. The summed E-state index contributed by atoms with van der Waals surface area (Å²) in [5, 5.41) is 0. The van der Waals surface area contributed by atoms with E-state index in [-0.39, 0.29) is 29.5 Å². The van der Waals surface area contributed by atoms with E-state index in [1.54, 1.807) is 36.2 Å². The molecular weight excluding hydrogens is 500 g/mol. The number of pyridine rings is 1. The Hall–Kier alpha value is -2.76. The molecule has 36 heavy (non-hydrogen) atoms. The molecule has 0 spiro atoms. The standard InChI is InChI=1S/C25H28N4O5S2/c1-2-33-24(32)16-8-11-27(12-9-16)21-18(22(30)28-10-4-3-7-20(28)26-21)14-19-23(31)29(25(35)36-19)15-17-6-5-13-34-17/h3-4,7,10,14,16-17H,2,5-6,8-9,11-13,15H2,1H3. The average molecular weight is 529 g/mol. The summed E-state index contributed by atoms with van der Waals surface area (Å²) in [5.74, 6) is -0.0537. The Morgan fingerprint density at radius 3 is 2.81 bits per heavy atom. The molecule has 1 unspecified atom stereocenters. The first-order chi connectivity index (χ1) is 17.5. The van der Waals surface area contributed by atoms with E-state index in [9.17, 15) is 14.4 Å². The SMILES string of the molecule is CCOC(=O)C1CCN(c2nc3ccccn3c(=O)c2C=C2SC(=S)N(CC3CCCO3)C2=O)CC1. The van der Waals surface area contributed by atoms with Gasteiger partial charge in [-0.25, -0.2) is 4.98 Å². The zero-order valence-electron chi connectivity index (χ0n) is 20.1. The number of thiocarbonyl (C=S) groups is 1. The number of aromatic nitrogens is 2. The van der Waals surface area contributed by atoms with Crippen LogP contribution in [0.15, 0.2) is 34.1 Å². The first kappa shape index (κ1) is 24.9. The highest BCUT2D eigenvalue weighted by atomic mass is 32.2. The molecule has 2 aromatic rings. The maximum Gasteiger partial charge on any atom is 0.309 e. The lowest BCUT2D eigenvalue weighted by Gasteiger charge is -2.32. The van der Waals surface area contributed by atoms with E-state index >= 15 is 0 Å². The third-order valence-corrected chi connectivity index (χ3v) is 8.10. The quantitative estimate of drug-likeness (QED) is 0.319. The number of rotatable bonds is 6. The number of piperidine rings is 1. The molecule has 5 rings (SSSR count). The number of esters is 1. The van der Waals surface area contributed by atoms with Crippen molar-refractivity contribution in [2.75, 3.05) is 37.7 Å². The van der Waals surface area contributed by atoms with Gasteiger partial charge >= 0.3 is 5.97 Å². The molecule has 1 atom stereocenters. The van der Waals surface area contributed by atoms with E-state index < -0.39 is 0 Å². The fraction of sp³-hybridized carbons (Fsp3) is 0.480. The Morgan fingerprint density at radius 2 is 2.08 bits per heavy atom. The summed E-state index contributed by atoms with van der Waals surface area (Å²) >= 11 is 6.69. The minimum absolute atomic E-state index is 0.0175. The lowest BCUT2D eigenvalue weighted by atomic mass is 9.96. The number of carbonyl (C=O) groups is 2. The Labute approximate surface area is 218 Å². The van der Waals surface area contributed by atoms with Gasteiger partial charge in [-0.05, 0) is 50.8 Å². The first-order valence-corrected chi connectivity index (χ1v) is 13.5. The smallest absolute Gasteiger partial charge is 0.309 e. The Kier molecular flexibility index (Phi) is 7.40. The predicted molar refractivity (Wildman–Crippen MR) is 142 cm³/mol. The third-order valence-electron chi connectivity index (χ3n) is 6.72. The molecule has 0 saturated carbocycles. The van der Waals surface area contributed by atoms with E-state index in [2.05, 4.69) is 0 Å². The summed E-state index contributed by atoms with van der Waals surface area (Å²) in [6.07, 6.45) is 6.37. The summed E-state index contributed by atoms with van der Waals surface area (Å²) in [5.41, 5.74) is 0.603. The number of hydrogen-bond acceptors (Lipinski definition) is 9. The lowest BCUT2D eigenvalue weighted by Crippen LogP contribution is -2.39. The minimum atomic E-state index is -0.257. The van der Waals surface area contributed by atoms with E-state index in [1.165, 1.54) is 16.2 Å². The Balaban J connectivity index is 1.47. The Morgan fingerprint density at radius 1 is 1.28 bits per heavy atom. The van der Waals surface area contributed by atoms with Crippen LogP contribution >= 0.6 is 24.0 Å². The number of amides is 1. The van der Waals surface area contributed by atoms with Crippen molar-refractivity contribution >= 4 is 57.7 Å². The van der Waals surface area contributed by atoms with Crippen molar-refractivity contribution in [3.05, 3.63) is 45.2 Å². The molecule has 0 aromatic carbocycles. The van der Waals surface area contributed by atoms with Gasteiger partial charge in [0.1, 0.15) is 15.8 Å². The van der Waals surface area contributed by atoms with Gasteiger partial charge in [0.25, 0.3) is 11.5 Å². The molecule has 3 aliphatic rings. The summed E-state index contributed by atoms with van der Waals surface area (Å²) in [7, 11) is 0. The van der Waals surface area contributed by atoms with Crippen LogP contribution in [0.3, 0.4) is 0 Å². The van der Waals surface area contributed by atoms with Gasteiger partial charge in [-0.2, -0.15) is 0 Å². The highest BCUT2D eigenvalue weighted by molar-refractivity contribution is 8.26. The molecule has 190 valence electrons. The second-order valence-electron chi connectivity index (χ2n) is 9.02. The summed E-state index contributed by atoms with van der Waals surface area (Å²) in [6, 6.07) is 5.38. The van der Waals surface area contributed by atoms with Gasteiger partial charge in [-0.15, -0.1) is 0 Å². The van der Waals surface area contributed by atoms with Gasteiger partial charge < -0.3 is 14.4 Å². The highest BCUT2D eigenvalue weighted by Crippen LogP contribution is 2.35. The van der Waals surface area contributed by atoms with Gasteiger partial charge in [0.15, 0.2) is 0 Å². The number of ether oxygens (including phenoxy) is 2. The molecule has 11 heteroatoms. The first-order valence-electron chi connectivity index (χ1n) is 12.3. The molecule has 0 aliphatic carbocycles. The largest absolute Gasteiger partial charge is 0.466 e. The van der Waals surface area contributed by atoms with Crippen molar-refractivity contribution in [3.63, 3.8) is 0 Å². The number of nitrogens with zero attached hydrogens (tertiary/aromatic N) is 4. The molecule has 3 aliphatic heterocycles. The molecule has 0 N–H and O–H groups in total. The van der Waals surface area contributed by atoms with E-state index in [1.807, 2.05) is 11.0 Å². The summed E-state index contributed by atoms with van der Waals surface area (Å²) in [6.45, 7) is 4.39. The molecule has 0 bridgehead atoms. The maximum absolute atomic E-state index is 13.6. The molecule has 0 radical (unpaired) electrons. The van der Waals surface area contributed by atoms with E-state index in [0.29, 0.717) is 71.9 Å². The van der Waals surface area contributed by atoms with Gasteiger partial charge in [-0.1, -0.05) is 30.0 Å². The zero-order valence-corrected chi connectivity index (χ0v) is 21.7. The van der Waals surface area contributed by atoms with Crippen molar-refractivity contribution in [1.29, 1.82) is 0 Å². The third kappa shape index (κ3) is 4.91. The van der Waals surface area contributed by atoms with Crippen molar-refractivity contribution in [1.82, 2.24) is 14.3 Å². The monoisotopic (exact) mass is 528 g/mol. The van der Waals surface area contributed by atoms with Crippen molar-refractivity contribution in [2.24, 2.45) is 5.92 Å². The Bertz CT molecular complexity index is 1280. The number of anilines is 1. The maximum atomic E-state index is 13.6. The van der Waals surface area contributed by atoms with E-state index in [4.69, 9.17) is 26.7 Å². The van der Waals surface area contributed by atoms with Gasteiger partial charge in [0.05, 0.1) is 35.6 Å². The number of hydrogen-bond donors (Lipinski definition) is 0. The molecule has 9 nitrogen and oxygen atoms in total. The van der Waals surface area contributed by atoms with Crippen molar-refractivity contribution in [2.45, 2.75) is 38.7 Å². The van der Waals surface area contributed by atoms with Crippen LogP contribution < -0.4 is 10.5 Å². The molecule has 5 heterocycles. The summed E-state index contributed by atoms with van der Waals surface area (Å²) in [4.78, 5) is 47.8. The minimum Gasteiger partial charge on any atom is -0.466 e. The average Bonchev–Trinajstić information content (AvgIpc) is 3.50. The number of carbonyl (C=O) groups excluding carboxylic acids is 2. The molecule has 1 amide bonds. The number of fused-ring (bicyclic) bond motifs is 1. The van der Waals surface area contributed by atoms with Gasteiger partial charge in [-0.3, -0.25) is 23.7 Å². The molecule has 3 saturated heterocycles. The number of thioether (sulfide) groups is 1. The normalized spacial score (nSPS) is 22.2. The predicted octanol–water partition coefficient (Wildman–Crippen LogP) is 2.85. The molecule has 2 aromatic heterocycles. The van der Waals surface area contributed by atoms with Crippen LogP contribution in [-0.2, 0) is 19.1 Å². The van der Waals surface area contributed by atoms with Crippen LogP contribution in [0.25, 0.3) is 11.7 Å². The fourth-order valence-electron chi connectivity index (χ4n) is 4.83. The van der Waals surface area contributed by atoms with Crippen molar-refractivity contribution < 1.29 is 19.1 Å². The van der Waals surface area contributed by atoms with Gasteiger partial charge in [0, 0.05) is 25.9 Å². The highest BCUT2D eigenvalue weighted by Gasteiger charge is 2.36. The lowest BCUT2D eigenvalue weighted by molar-refractivity contribution is -0.148. The fourth-order valence-corrected chi connectivity index (χ4v) is 6.08. The van der Waals surface area contributed by atoms with Crippen LogP contribution in [-0.4, -0.2) is 69.4 Å². The second kappa shape index (κ2) is 10.7. The van der Waals surface area contributed by atoms with Crippen LogP contribution in [0.4, 0.5) is 5.82 Å². The molecule has 3 fully saturated rings. The van der Waals surface area contributed by atoms with Crippen LogP contribution in [0.1, 0.15) is 38.2 Å².